The minimum atomic E-state index is -0.167. The number of aryl methyl sites for hydroxylation is 2. The number of phenolic OH excluding ortho intramolecular Hbond substituents is 1. The average Bonchev–Trinajstić information content (AvgIpc) is 2.56. The Balaban J connectivity index is 1.95. The lowest BCUT2D eigenvalue weighted by Gasteiger charge is -2.07. The molecule has 2 N–H and O–H groups in total. The third-order valence-corrected chi connectivity index (χ3v) is 5.52. The third-order valence-electron chi connectivity index (χ3n) is 3.73. The van der Waals surface area contributed by atoms with Gasteiger partial charge in [-0.05, 0) is 59.0 Å². The number of halogens is 2. The van der Waals surface area contributed by atoms with Crippen LogP contribution in [0.2, 0.25) is 0 Å². The van der Waals surface area contributed by atoms with E-state index in [0.29, 0.717) is 22.9 Å². The van der Waals surface area contributed by atoms with E-state index in [0.717, 1.165) is 15.6 Å². The van der Waals surface area contributed by atoms with E-state index in [1.165, 1.54) is 11.8 Å². The summed E-state index contributed by atoms with van der Waals surface area (Å²) in [6.07, 6.45) is 2.45. The molecule has 24 heavy (non-hydrogen) atoms. The highest BCUT2D eigenvalue weighted by atomic mass is 79.9. The minimum absolute atomic E-state index is 0.0913. The monoisotopic (exact) mass is 452 g/mol. The van der Waals surface area contributed by atoms with Crippen LogP contribution in [0.1, 0.15) is 28.7 Å². The van der Waals surface area contributed by atoms with Crippen LogP contribution in [0.3, 0.4) is 0 Å². The highest BCUT2D eigenvalue weighted by Crippen LogP contribution is 2.35. The molecule has 2 rings (SSSR count). The molecule has 0 fully saturated rings. The molecule has 0 atom stereocenters. The van der Waals surface area contributed by atoms with Crippen LogP contribution in [0.25, 0.3) is 0 Å². The van der Waals surface area contributed by atoms with Crippen LogP contribution >= 0.6 is 31.9 Å². The first-order valence-corrected chi connectivity index (χ1v) is 9.02. The fraction of sp³-hybridized carbons (Fsp3) is 0.222. The maximum absolute atomic E-state index is 11.9. The van der Waals surface area contributed by atoms with Gasteiger partial charge < -0.3 is 5.11 Å². The maximum Gasteiger partial charge on any atom is 0.240 e. The van der Waals surface area contributed by atoms with Crippen molar-refractivity contribution in [1.29, 1.82) is 0 Å². The van der Waals surface area contributed by atoms with Gasteiger partial charge in [-0.25, -0.2) is 5.43 Å². The number of carbonyl (C=O) groups is 1. The molecule has 0 spiro atoms. The maximum atomic E-state index is 11.9. The Hall–Kier alpha value is -1.66. The Morgan fingerprint density at radius 3 is 2.71 bits per heavy atom. The molecule has 0 bridgehead atoms. The van der Waals surface area contributed by atoms with Gasteiger partial charge in [0, 0.05) is 16.5 Å². The van der Waals surface area contributed by atoms with Gasteiger partial charge >= 0.3 is 0 Å². The lowest BCUT2D eigenvalue weighted by molar-refractivity contribution is -0.121. The Morgan fingerprint density at radius 2 is 2.00 bits per heavy atom. The van der Waals surface area contributed by atoms with Gasteiger partial charge in [0.2, 0.25) is 5.91 Å². The normalized spacial score (nSPS) is 11.0. The molecule has 0 unspecified atom stereocenters. The fourth-order valence-corrected chi connectivity index (χ4v) is 3.34. The van der Waals surface area contributed by atoms with Crippen molar-refractivity contribution in [3.05, 3.63) is 61.5 Å². The number of carbonyl (C=O) groups excluding carboxylic acids is 1. The predicted molar refractivity (Wildman–Crippen MR) is 103 cm³/mol. The van der Waals surface area contributed by atoms with E-state index < -0.39 is 0 Å². The standard InChI is InChI=1S/C18H18Br2N2O2/c1-11-5-3-4-6-13(11)7-8-16(23)22-21-10-14-9-15(19)12(2)17(20)18(14)24/h3-6,9-10,24H,7-8H2,1-2H3,(H,22,23)/b21-10-. The number of amides is 1. The lowest BCUT2D eigenvalue weighted by atomic mass is 10.0. The van der Waals surface area contributed by atoms with Crippen LogP contribution in [-0.4, -0.2) is 17.2 Å². The zero-order valence-electron chi connectivity index (χ0n) is 13.4. The van der Waals surface area contributed by atoms with Gasteiger partial charge in [0.15, 0.2) is 0 Å². The zero-order chi connectivity index (χ0) is 17.7. The SMILES string of the molecule is Cc1ccccc1CCC(=O)N/N=C\c1cc(Br)c(C)c(Br)c1O. The molecule has 1 amide bonds. The number of hydrazone groups is 1. The first-order chi connectivity index (χ1) is 11.4. The van der Waals surface area contributed by atoms with E-state index in [4.69, 9.17) is 0 Å². The molecule has 6 heteroatoms. The van der Waals surface area contributed by atoms with E-state index in [-0.39, 0.29) is 11.7 Å². The Labute approximate surface area is 158 Å². The summed E-state index contributed by atoms with van der Waals surface area (Å²) in [6.45, 7) is 3.91. The van der Waals surface area contributed by atoms with Gasteiger partial charge in [-0.2, -0.15) is 5.10 Å². The molecule has 0 aliphatic carbocycles. The summed E-state index contributed by atoms with van der Waals surface area (Å²) in [5.41, 5.74) is 6.23. The van der Waals surface area contributed by atoms with Crippen molar-refractivity contribution < 1.29 is 9.90 Å². The smallest absolute Gasteiger partial charge is 0.240 e. The molecule has 0 aliphatic heterocycles. The number of nitrogens with one attached hydrogen (secondary N) is 1. The van der Waals surface area contributed by atoms with Crippen molar-refractivity contribution >= 4 is 44.0 Å². The molecule has 0 saturated heterocycles. The zero-order valence-corrected chi connectivity index (χ0v) is 16.6. The number of rotatable bonds is 5. The number of hydrogen-bond acceptors (Lipinski definition) is 3. The van der Waals surface area contributed by atoms with Crippen molar-refractivity contribution in [2.24, 2.45) is 5.10 Å². The molecule has 0 aromatic heterocycles. The van der Waals surface area contributed by atoms with Gasteiger partial charge in [0.25, 0.3) is 0 Å². The summed E-state index contributed by atoms with van der Waals surface area (Å²) in [5.74, 6) is -0.0761. The van der Waals surface area contributed by atoms with Crippen LogP contribution < -0.4 is 5.43 Å². The van der Waals surface area contributed by atoms with E-state index in [2.05, 4.69) is 42.4 Å². The van der Waals surface area contributed by atoms with Crippen LogP contribution in [0.15, 0.2) is 44.4 Å². The molecular formula is C18H18Br2N2O2. The first-order valence-electron chi connectivity index (χ1n) is 7.44. The van der Waals surface area contributed by atoms with Crippen LogP contribution in [0.4, 0.5) is 0 Å². The fourth-order valence-electron chi connectivity index (χ4n) is 2.19. The number of hydrogen-bond donors (Lipinski definition) is 2. The lowest BCUT2D eigenvalue weighted by Crippen LogP contribution is -2.18. The van der Waals surface area contributed by atoms with Crippen molar-refractivity contribution in [2.75, 3.05) is 0 Å². The highest BCUT2D eigenvalue weighted by Gasteiger charge is 2.10. The molecule has 126 valence electrons. The summed E-state index contributed by atoms with van der Waals surface area (Å²) in [6, 6.07) is 9.74. The first kappa shape index (κ1) is 18.7. The van der Waals surface area contributed by atoms with Crippen LogP contribution in [0, 0.1) is 13.8 Å². The molecule has 2 aromatic rings. The molecule has 0 heterocycles. The van der Waals surface area contributed by atoms with E-state index >= 15 is 0 Å². The highest BCUT2D eigenvalue weighted by molar-refractivity contribution is 9.11. The van der Waals surface area contributed by atoms with Gasteiger partial charge in [0.05, 0.1) is 10.7 Å². The van der Waals surface area contributed by atoms with E-state index in [9.17, 15) is 9.90 Å². The number of benzene rings is 2. The summed E-state index contributed by atoms with van der Waals surface area (Å²) in [5, 5.41) is 14.0. The second-order valence-electron chi connectivity index (χ2n) is 5.45. The van der Waals surface area contributed by atoms with Crippen molar-refractivity contribution in [1.82, 2.24) is 5.43 Å². The molecule has 0 aliphatic rings. The largest absolute Gasteiger partial charge is 0.506 e. The summed E-state index contributed by atoms with van der Waals surface area (Å²) in [7, 11) is 0. The summed E-state index contributed by atoms with van der Waals surface area (Å²) < 4.78 is 1.45. The quantitative estimate of drug-likeness (QED) is 0.512. The van der Waals surface area contributed by atoms with Crippen LogP contribution in [-0.2, 0) is 11.2 Å². The predicted octanol–water partition coefficient (Wildman–Crippen LogP) is 4.62. The third kappa shape index (κ3) is 4.68. The molecular weight excluding hydrogens is 436 g/mol. The summed E-state index contributed by atoms with van der Waals surface area (Å²) in [4.78, 5) is 11.9. The van der Waals surface area contributed by atoms with Crippen molar-refractivity contribution in [3.63, 3.8) is 0 Å². The molecule has 2 aromatic carbocycles. The molecule has 4 nitrogen and oxygen atoms in total. The number of aromatic hydroxyl groups is 1. The Morgan fingerprint density at radius 1 is 1.29 bits per heavy atom. The number of phenols is 1. The van der Waals surface area contributed by atoms with Crippen molar-refractivity contribution in [3.8, 4) is 5.75 Å². The second kappa shape index (κ2) is 8.44. The van der Waals surface area contributed by atoms with Gasteiger partial charge in [-0.3, -0.25) is 4.79 Å². The van der Waals surface area contributed by atoms with Crippen molar-refractivity contribution in [2.45, 2.75) is 26.7 Å². The van der Waals surface area contributed by atoms with Crippen LogP contribution in [0.5, 0.6) is 5.75 Å². The second-order valence-corrected chi connectivity index (χ2v) is 7.10. The van der Waals surface area contributed by atoms with Gasteiger partial charge in [-0.1, -0.05) is 40.2 Å². The minimum Gasteiger partial charge on any atom is -0.506 e. The summed E-state index contributed by atoms with van der Waals surface area (Å²) >= 11 is 6.75. The molecule has 0 radical (unpaired) electrons. The Kier molecular flexibility index (Phi) is 6.57. The van der Waals surface area contributed by atoms with Gasteiger partial charge in [0.1, 0.15) is 5.75 Å². The van der Waals surface area contributed by atoms with E-state index in [1.807, 2.05) is 38.1 Å². The average molecular weight is 454 g/mol. The number of nitrogens with zero attached hydrogens (tertiary/aromatic N) is 1. The topological polar surface area (TPSA) is 61.7 Å². The van der Waals surface area contributed by atoms with Gasteiger partial charge in [-0.15, -0.1) is 0 Å². The van der Waals surface area contributed by atoms with E-state index in [1.54, 1.807) is 6.07 Å². The Bertz CT molecular complexity index is 789. The molecule has 0 saturated carbocycles.